The number of hydrogen-bond donors (Lipinski definition) is 0. The molecule has 0 spiro atoms. The average molecular weight is 421 g/mol. The summed E-state index contributed by atoms with van der Waals surface area (Å²) in [7, 11) is 3.19. The molecule has 162 valence electrons. The van der Waals surface area contributed by atoms with Crippen molar-refractivity contribution in [3.63, 3.8) is 0 Å². The largest absolute Gasteiger partial charge is 0.497 e. The van der Waals surface area contributed by atoms with Gasteiger partial charge in [-0.25, -0.2) is 0 Å². The monoisotopic (exact) mass is 421 g/mol. The molecule has 2 aliphatic rings. The van der Waals surface area contributed by atoms with Gasteiger partial charge >= 0.3 is 0 Å². The summed E-state index contributed by atoms with van der Waals surface area (Å²) < 4.78 is 16.8. The van der Waals surface area contributed by atoms with Crippen LogP contribution < -0.4 is 19.1 Å². The number of anilines is 1. The number of ketones is 1. The zero-order valence-electron chi connectivity index (χ0n) is 18.1. The average Bonchev–Trinajstić information content (AvgIpc) is 2.79. The van der Waals surface area contributed by atoms with Crippen LogP contribution in [-0.4, -0.2) is 32.5 Å². The number of amides is 1. The number of allylic oxidation sites excluding steroid dienone is 2. The number of carbonyl (C=O) groups excluding carboxylic acids is 2. The number of methoxy groups -OCH3 is 2. The third-order valence-corrected chi connectivity index (χ3v) is 5.89. The minimum Gasteiger partial charge on any atom is -0.497 e. The van der Waals surface area contributed by atoms with E-state index in [1.54, 1.807) is 19.1 Å². The normalized spacial score (nSPS) is 18.7. The van der Waals surface area contributed by atoms with Gasteiger partial charge in [0, 0.05) is 35.6 Å². The Bertz CT molecular complexity index is 1040. The molecule has 2 aromatic carbocycles. The van der Waals surface area contributed by atoms with Gasteiger partial charge in [0.25, 0.3) is 0 Å². The van der Waals surface area contributed by atoms with Crippen LogP contribution >= 0.6 is 0 Å². The Kier molecular flexibility index (Phi) is 5.98. The van der Waals surface area contributed by atoms with Crippen molar-refractivity contribution < 1.29 is 23.8 Å². The van der Waals surface area contributed by atoms with Crippen LogP contribution in [0.3, 0.4) is 0 Å². The smallest absolute Gasteiger partial charge is 0.232 e. The van der Waals surface area contributed by atoms with Crippen molar-refractivity contribution in [1.29, 1.82) is 0 Å². The lowest BCUT2D eigenvalue weighted by Crippen LogP contribution is -2.40. The fraction of sp³-hybridized carbons (Fsp3) is 0.360. The number of Topliss-reactive ketones (excluding diaryl/α,β-unsaturated/α-hetero) is 1. The maximum atomic E-state index is 13.5. The molecule has 0 aromatic heterocycles. The van der Waals surface area contributed by atoms with Crippen molar-refractivity contribution in [2.45, 2.75) is 38.5 Å². The molecule has 2 aromatic rings. The van der Waals surface area contributed by atoms with E-state index in [-0.39, 0.29) is 24.0 Å². The Morgan fingerprint density at radius 1 is 1.00 bits per heavy atom. The number of benzene rings is 2. The minimum absolute atomic E-state index is 0.0597. The molecule has 1 amide bonds. The zero-order valence-corrected chi connectivity index (χ0v) is 18.1. The first-order valence-corrected chi connectivity index (χ1v) is 10.6. The number of nitrogens with zero attached hydrogens (tertiary/aromatic N) is 1. The van der Waals surface area contributed by atoms with Crippen molar-refractivity contribution in [3.8, 4) is 17.2 Å². The molecule has 0 fully saturated rings. The predicted octanol–water partition coefficient (Wildman–Crippen LogP) is 4.63. The summed E-state index contributed by atoms with van der Waals surface area (Å²) in [6.07, 6.45) is 2.04. The van der Waals surface area contributed by atoms with Crippen LogP contribution in [-0.2, 0) is 9.59 Å². The number of carbonyl (C=O) groups is 2. The van der Waals surface area contributed by atoms with Crippen molar-refractivity contribution >= 4 is 17.4 Å². The van der Waals surface area contributed by atoms with E-state index in [4.69, 9.17) is 14.2 Å². The molecule has 31 heavy (non-hydrogen) atoms. The van der Waals surface area contributed by atoms with Crippen molar-refractivity contribution in [3.05, 3.63) is 59.3 Å². The van der Waals surface area contributed by atoms with Crippen LogP contribution in [0.25, 0.3) is 0 Å². The molecule has 1 aliphatic heterocycles. The van der Waals surface area contributed by atoms with E-state index in [2.05, 4.69) is 0 Å². The van der Waals surface area contributed by atoms with Crippen LogP contribution in [0.15, 0.2) is 53.7 Å². The lowest BCUT2D eigenvalue weighted by atomic mass is 9.76. The van der Waals surface area contributed by atoms with E-state index in [1.165, 1.54) is 0 Å². The number of rotatable bonds is 6. The lowest BCUT2D eigenvalue weighted by molar-refractivity contribution is -0.120. The van der Waals surface area contributed by atoms with Crippen molar-refractivity contribution in [1.82, 2.24) is 0 Å². The van der Waals surface area contributed by atoms with Gasteiger partial charge in [-0.05, 0) is 50.1 Å². The fourth-order valence-corrected chi connectivity index (χ4v) is 4.57. The Hall–Kier alpha value is -3.28. The van der Waals surface area contributed by atoms with Gasteiger partial charge in [-0.3, -0.25) is 14.5 Å². The molecule has 1 atom stereocenters. The van der Waals surface area contributed by atoms with Gasteiger partial charge < -0.3 is 14.2 Å². The Balaban J connectivity index is 1.89. The predicted molar refractivity (Wildman–Crippen MR) is 118 cm³/mol. The van der Waals surface area contributed by atoms with E-state index < -0.39 is 0 Å². The second-order valence-corrected chi connectivity index (χ2v) is 7.63. The molecular formula is C25H27NO5. The van der Waals surface area contributed by atoms with E-state index in [1.807, 2.05) is 49.4 Å². The van der Waals surface area contributed by atoms with Gasteiger partial charge in [0.05, 0.1) is 26.5 Å². The molecular weight excluding hydrogens is 394 g/mol. The molecule has 4 rings (SSSR count). The molecule has 0 N–H and O–H groups in total. The van der Waals surface area contributed by atoms with Gasteiger partial charge in [0.2, 0.25) is 5.91 Å². The number of ether oxygens (including phenoxy) is 3. The Morgan fingerprint density at radius 2 is 1.81 bits per heavy atom. The van der Waals surface area contributed by atoms with Crippen molar-refractivity contribution in [2.24, 2.45) is 0 Å². The molecule has 1 aliphatic carbocycles. The second kappa shape index (κ2) is 8.84. The quantitative estimate of drug-likeness (QED) is 0.680. The zero-order chi connectivity index (χ0) is 22.0. The van der Waals surface area contributed by atoms with Crippen LogP contribution in [0, 0.1) is 0 Å². The van der Waals surface area contributed by atoms with Gasteiger partial charge in [0.15, 0.2) is 5.78 Å². The van der Waals surface area contributed by atoms with Crippen LogP contribution in [0.1, 0.15) is 44.1 Å². The molecule has 6 heteroatoms. The highest BCUT2D eigenvalue weighted by molar-refractivity contribution is 6.08. The SMILES string of the molecule is CCOc1ccccc1N1C(=O)CC(c2cc(OC)ccc2OC)C2=C1CCCC2=O. The summed E-state index contributed by atoms with van der Waals surface area (Å²) in [4.78, 5) is 28.4. The molecule has 0 saturated carbocycles. The summed E-state index contributed by atoms with van der Waals surface area (Å²) in [5.74, 6) is 1.61. The summed E-state index contributed by atoms with van der Waals surface area (Å²) in [6, 6.07) is 13.0. The van der Waals surface area contributed by atoms with E-state index in [0.29, 0.717) is 48.0 Å². The maximum absolute atomic E-state index is 13.5. The molecule has 1 unspecified atom stereocenters. The topological polar surface area (TPSA) is 65.1 Å². The second-order valence-electron chi connectivity index (χ2n) is 7.63. The fourth-order valence-electron chi connectivity index (χ4n) is 4.57. The van der Waals surface area contributed by atoms with Gasteiger partial charge in [-0.1, -0.05) is 12.1 Å². The first-order valence-electron chi connectivity index (χ1n) is 10.6. The Labute approximate surface area is 182 Å². The first kappa shape index (κ1) is 21.0. The van der Waals surface area contributed by atoms with Crippen molar-refractivity contribution in [2.75, 3.05) is 25.7 Å². The summed E-state index contributed by atoms with van der Waals surface area (Å²) in [5, 5.41) is 0. The lowest BCUT2D eigenvalue weighted by Gasteiger charge is -2.39. The third-order valence-electron chi connectivity index (χ3n) is 5.89. The molecule has 0 saturated heterocycles. The van der Waals surface area contributed by atoms with E-state index in [9.17, 15) is 9.59 Å². The summed E-state index contributed by atoms with van der Waals surface area (Å²) in [5.41, 5.74) is 2.96. The van der Waals surface area contributed by atoms with Crippen LogP contribution in [0.2, 0.25) is 0 Å². The summed E-state index contributed by atoms with van der Waals surface area (Å²) >= 11 is 0. The van der Waals surface area contributed by atoms with Crippen LogP contribution in [0.4, 0.5) is 5.69 Å². The maximum Gasteiger partial charge on any atom is 0.232 e. The molecule has 0 radical (unpaired) electrons. The highest BCUT2D eigenvalue weighted by atomic mass is 16.5. The minimum atomic E-state index is -0.365. The number of hydrogen-bond acceptors (Lipinski definition) is 5. The van der Waals surface area contributed by atoms with E-state index in [0.717, 1.165) is 17.7 Å². The van der Waals surface area contributed by atoms with Gasteiger partial charge in [0.1, 0.15) is 17.2 Å². The molecule has 1 heterocycles. The third kappa shape index (κ3) is 3.78. The molecule has 6 nitrogen and oxygen atoms in total. The van der Waals surface area contributed by atoms with Gasteiger partial charge in [-0.15, -0.1) is 0 Å². The summed E-state index contributed by atoms with van der Waals surface area (Å²) in [6.45, 7) is 2.41. The highest BCUT2D eigenvalue weighted by Gasteiger charge is 2.41. The van der Waals surface area contributed by atoms with Gasteiger partial charge in [-0.2, -0.15) is 0 Å². The van der Waals surface area contributed by atoms with Crippen LogP contribution in [0.5, 0.6) is 17.2 Å². The standard InChI is InChI=1S/C25H27NO5/c1-4-31-23-11-6-5-8-19(23)26-20-9-7-10-21(27)25(20)18(15-24(26)28)17-14-16(29-2)12-13-22(17)30-3/h5-6,8,11-14,18H,4,7,9-10,15H2,1-3H3. The van der Waals surface area contributed by atoms with E-state index >= 15 is 0 Å². The Morgan fingerprint density at radius 3 is 2.55 bits per heavy atom. The highest BCUT2D eigenvalue weighted by Crippen LogP contribution is 2.47. The first-order chi connectivity index (χ1) is 15.1. The number of para-hydroxylation sites is 2. The molecule has 0 bridgehead atoms.